The molecule has 1 aliphatic heterocycles. The molecule has 0 aromatic heterocycles. The predicted molar refractivity (Wildman–Crippen MR) is 89.2 cm³/mol. The Morgan fingerprint density at radius 2 is 1.96 bits per heavy atom. The highest BCUT2D eigenvalue weighted by atomic mass is 35.5. The van der Waals surface area contributed by atoms with Gasteiger partial charge in [-0.05, 0) is 43.5 Å². The first-order valence-electron chi connectivity index (χ1n) is 7.46. The van der Waals surface area contributed by atoms with E-state index in [1.165, 1.54) is 0 Å². The number of hydrogen-bond acceptors (Lipinski definition) is 5. The molecule has 1 heterocycles. The fourth-order valence-electron chi connectivity index (χ4n) is 2.35. The summed E-state index contributed by atoms with van der Waals surface area (Å²) in [5.74, 6) is -0.533. The summed E-state index contributed by atoms with van der Waals surface area (Å²) in [5.41, 5.74) is 4.55. The lowest BCUT2D eigenvalue weighted by Gasteiger charge is -2.15. The molecule has 1 fully saturated rings. The summed E-state index contributed by atoms with van der Waals surface area (Å²) in [6, 6.07) is 6.54. The molecule has 7 nitrogen and oxygen atoms in total. The normalized spacial score (nSPS) is 20.2. The maximum atomic E-state index is 11.9. The van der Waals surface area contributed by atoms with E-state index in [9.17, 15) is 18.0 Å². The van der Waals surface area contributed by atoms with Gasteiger partial charge in [-0.25, -0.2) is 8.42 Å². The fourth-order valence-corrected chi connectivity index (χ4v) is 4.34. The molecule has 9 heteroatoms. The summed E-state index contributed by atoms with van der Waals surface area (Å²) >= 11 is 5.76. The zero-order chi connectivity index (χ0) is 17.7. The van der Waals surface area contributed by atoms with Crippen LogP contribution in [0.1, 0.15) is 19.8 Å². The maximum absolute atomic E-state index is 11.9. The zero-order valence-electron chi connectivity index (χ0n) is 13.1. The van der Waals surface area contributed by atoms with E-state index in [0.717, 1.165) is 0 Å². The van der Waals surface area contributed by atoms with Gasteiger partial charge in [0.15, 0.2) is 15.9 Å². The topological polar surface area (TPSA) is 102 Å². The van der Waals surface area contributed by atoms with Crippen LogP contribution in [0.2, 0.25) is 5.02 Å². The molecule has 2 amide bonds. The molecule has 2 atom stereocenters. The third kappa shape index (κ3) is 5.68. The number of benzene rings is 1. The molecule has 24 heavy (non-hydrogen) atoms. The predicted octanol–water partition coefficient (Wildman–Crippen LogP) is 1.08. The smallest absolute Gasteiger partial charge is 0.279 e. The number of halogens is 1. The number of hydrazine groups is 1. The molecular weight excluding hydrogens is 356 g/mol. The van der Waals surface area contributed by atoms with Crippen LogP contribution in [0, 0.1) is 5.92 Å². The minimum absolute atomic E-state index is 0.0183. The van der Waals surface area contributed by atoms with Crippen LogP contribution in [0.25, 0.3) is 0 Å². The van der Waals surface area contributed by atoms with Gasteiger partial charge < -0.3 is 4.74 Å². The lowest BCUT2D eigenvalue weighted by Crippen LogP contribution is -2.47. The van der Waals surface area contributed by atoms with Crippen molar-refractivity contribution in [3.8, 4) is 5.75 Å². The summed E-state index contributed by atoms with van der Waals surface area (Å²) in [4.78, 5) is 23.6. The average Bonchev–Trinajstić information content (AvgIpc) is 2.85. The Kier molecular flexibility index (Phi) is 6.06. The van der Waals surface area contributed by atoms with E-state index in [1.807, 2.05) is 0 Å². The van der Waals surface area contributed by atoms with Gasteiger partial charge in [0, 0.05) is 11.4 Å². The van der Waals surface area contributed by atoms with Crippen molar-refractivity contribution in [3.63, 3.8) is 0 Å². The number of hydrogen-bond donors (Lipinski definition) is 2. The Balaban J connectivity index is 1.73. The first kappa shape index (κ1) is 18.5. The number of sulfone groups is 1. The third-order valence-electron chi connectivity index (χ3n) is 3.62. The van der Waals surface area contributed by atoms with Crippen molar-refractivity contribution < 1.29 is 22.7 Å². The van der Waals surface area contributed by atoms with Crippen LogP contribution in [0.15, 0.2) is 24.3 Å². The maximum Gasteiger partial charge on any atom is 0.279 e. The molecule has 0 aliphatic carbocycles. The summed E-state index contributed by atoms with van der Waals surface area (Å²) < 4.78 is 28.1. The Morgan fingerprint density at radius 1 is 1.29 bits per heavy atom. The quantitative estimate of drug-likeness (QED) is 0.751. The van der Waals surface area contributed by atoms with Gasteiger partial charge in [0.25, 0.3) is 5.91 Å². The Morgan fingerprint density at radius 3 is 2.54 bits per heavy atom. The minimum atomic E-state index is -3.02. The molecule has 0 radical (unpaired) electrons. The molecule has 0 spiro atoms. The second-order valence-corrected chi connectivity index (χ2v) is 8.39. The van der Waals surface area contributed by atoms with Crippen molar-refractivity contribution in [1.82, 2.24) is 10.9 Å². The number of carbonyl (C=O) groups is 2. The van der Waals surface area contributed by atoms with Crippen molar-refractivity contribution in [3.05, 3.63) is 29.3 Å². The second-order valence-electron chi connectivity index (χ2n) is 5.72. The third-order valence-corrected chi connectivity index (χ3v) is 5.71. The largest absolute Gasteiger partial charge is 0.481 e. The second kappa shape index (κ2) is 7.85. The number of ether oxygens (including phenoxy) is 1. The van der Waals surface area contributed by atoms with E-state index in [1.54, 1.807) is 31.2 Å². The number of rotatable bonds is 5. The Labute approximate surface area is 145 Å². The number of nitrogens with one attached hydrogen (secondary N) is 2. The van der Waals surface area contributed by atoms with Crippen LogP contribution in [0.3, 0.4) is 0 Å². The minimum Gasteiger partial charge on any atom is -0.481 e. The molecular formula is C15H19ClN2O5S. The fraction of sp³-hybridized carbons (Fsp3) is 0.467. The van der Waals surface area contributed by atoms with E-state index in [4.69, 9.17) is 16.3 Å². The highest BCUT2D eigenvalue weighted by Crippen LogP contribution is 2.21. The molecule has 0 saturated carbocycles. The van der Waals surface area contributed by atoms with Crippen LogP contribution in [-0.2, 0) is 19.4 Å². The highest BCUT2D eigenvalue weighted by Gasteiger charge is 2.29. The van der Waals surface area contributed by atoms with E-state index >= 15 is 0 Å². The monoisotopic (exact) mass is 374 g/mol. The zero-order valence-corrected chi connectivity index (χ0v) is 14.7. The molecule has 132 valence electrons. The first-order valence-corrected chi connectivity index (χ1v) is 9.66. The summed E-state index contributed by atoms with van der Waals surface area (Å²) in [6.07, 6.45) is -0.288. The number of carbonyl (C=O) groups excluding carboxylic acids is 2. The van der Waals surface area contributed by atoms with Gasteiger partial charge in [0.05, 0.1) is 11.5 Å². The molecule has 1 aromatic rings. The first-order chi connectivity index (χ1) is 11.2. The van der Waals surface area contributed by atoms with Gasteiger partial charge in [0.2, 0.25) is 5.91 Å². The summed E-state index contributed by atoms with van der Waals surface area (Å²) in [7, 11) is -3.02. The van der Waals surface area contributed by atoms with E-state index < -0.39 is 27.8 Å². The van der Waals surface area contributed by atoms with Crippen LogP contribution >= 0.6 is 11.6 Å². The van der Waals surface area contributed by atoms with E-state index in [2.05, 4.69) is 10.9 Å². The van der Waals surface area contributed by atoms with Gasteiger partial charge >= 0.3 is 0 Å². The summed E-state index contributed by atoms with van der Waals surface area (Å²) in [5, 5.41) is 0.556. The summed E-state index contributed by atoms with van der Waals surface area (Å²) in [6.45, 7) is 1.54. The van der Waals surface area contributed by atoms with Crippen molar-refractivity contribution in [2.45, 2.75) is 25.9 Å². The van der Waals surface area contributed by atoms with Gasteiger partial charge in [-0.15, -0.1) is 0 Å². The lowest BCUT2D eigenvalue weighted by molar-refractivity contribution is -0.133. The Hall–Kier alpha value is -1.80. The van der Waals surface area contributed by atoms with Crippen LogP contribution in [0.4, 0.5) is 0 Å². The molecule has 0 bridgehead atoms. The van der Waals surface area contributed by atoms with Gasteiger partial charge in [0.1, 0.15) is 5.75 Å². The SMILES string of the molecule is CC(Oc1ccc(Cl)cc1)C(=O)NNC(=O)CC1CCS(=O)(=O)C1. The van der Waals surface area contributed by atoms with Crippen molar-refractivity contribution in [2.24, 2.45) is 5.92 Å². The van der Waals surface area contributed by atoms with Gasteiger partial charge in [-0.2, -0.15) is 0 Å². The highest BCUT2D eigenvalue weighted by molar-refractivity contribution is 7.91. The molecule has 1 aromatic carbocycles. The molecule has 1 aliphatic rings. The molecule has 2 N–H and O–H groups in total. The molecule has 1 saturated heterocycles. The molecule has 2 unspecified atom stereocenters. The van der Waals surface area contributed by atoms with Crippen LogP contribution in [0.5, 0.6) is 5.75 Å². The standard InChI is InChI=1S/C15H19ClN2O5S/c1-10(23-13-4-2-12(16)3-5-13)15(20)18-17-14(19)8-11-6-7-24(21,22)9-11/h2-5,10-11H,6-9H2,1H3,(H,17,19)(H,18,20). The molecule has 2 rings (SSSR count). The Bertz CT molecular complexity index is 705. The van der Waals surface area contributed by atoms with Crippen LogP contribution in [-0.4, -0.2) is 37.8 Å². The van der Waals surface area contributed by atoms with Gasteiger partial charge in [-0.3, -0.25) is 20.4 Å². The van der Waals surface area contributed by atoms with Crippen molar-refractivity contribution >= 4 is 33.3 Å². The number of amides is 2. The van der Waals surface area contributed by atoms with Gasteiger partial charge in [-0.1, -0.05) is 11.6 Å². The van der Waals surface area contributed by atoms with Crippen LogP contribution < -0.4 is 15.6 Å². The average molecular weight is 375 g/mol. The lowest BCUT2D eigenvalue weighted by atomic mass is 10.1. The van der Waals surface area contributed by atoms with Crippen molar-refractivity contribution in [1.29, 1.82) is 0 Å². The van der Waals surface area contributed by atoms with Crippen molar-refractivity contribution in [2.75, 3.05) is 11.5 Å². The van der Waals surface area contributed by atoms with E-state index in [-0.39, 0.29) is 23.8 Å². The van der Waals surface area contributed by atoms with E-state index in [0.29, 0.717) is 17.2 Å².